The third kappa shape index (κ3) is 13.2. The average Bonchev–Trinajstić information content (AvgIpc) is 3.28. The third-order valence-electron chi connectivity index (χ3n) is 10.7. The monoisotopic (exact) mass is 879 g/mol. The maximum Gasteiger partial charge on any atom is 0.469 e. The predicted octanol–water partition coefficient (Wildman–Crippen LogP) is 9.81. The highest BCUT2D eigenvalue weighted by molar-refractivity contribution is 7.46. The second-order valence-corrected chi connectivity index (χ2v) is 16.8. The van der Waals surface area contributed by atoms with Crippen LogP contribution in [-0.2, 0) is 23.4 Å². The number of amides is 1. The minimum Gasteiger partial charge on any atom is -0.463 e. The molecule has 0 heterocycles. The first-order valence-electron chi connectivity index (χ1n) is 20.7. The van der Waals surface area contributed by atoms with Crippen LogP contribution >= 0.6 is 7.82 Å². The Kier molecular flexibility index (Phi) is 17.5. The van der Waals surface area contributed by atoms with Crippen molar-refractivity contribution >= 4 is 59.5 Å². The van der Waals surface area contributed by atoms with E-state index in [2.05, 4.69) is 9.84 Å². The fraction of sp³-hybridized carbons (Fsp3) is 0.306. The zero-order valence-corrected chi connectivity index (χ0v) is 37.4. The number of hydrogen-bond donors (Lipinski definition) is 3. The summed E-state index contributed by atoms with van der Waals surface area (Å²) in [4.78, 5) is 90.8. The normalized spacial score (nSPS) is 12.8. The van der Waals surface area contributed by atoms with Crippen LogP contribution in [0.1, 0.15) is 120 Å². The molecule has 0 aliphatic heterocycles. The van der Waals surface area contributed by atoms with Crippen LogP contribution in [0, 0.1) is 17.3 Å². The maximum atomic E-state index is 13.1. The molecule has 0 saturated carbocycles. The number of hydrogen-bond acceptors (Lipinski definition) is 10. The van der Waals surface area contributed by atoms with Gasteiger partial charge in [-0.25, -0.2) is 4.57 Å². The van der Waals surface area contributed by atoms with Gasteiger partial charge in [-0.3, -0.25) is 33.3 Å². The first-order valence-corrected chi connectivity index (χ1v) is 22.2. The van der Waals surface area contributed by atoms with E-state index >= 15 is 0 Å². The largest absolute Gasteiger partial charge is 0.469 e. The molecule has 0 fully saturated rings. The number of anilines is 1. The first-order chi connectivity index (χ1) is 29.8. The van der Waals surface area contributed by atoms with Crippen LogP contribution in [0.25, 0.3) is 10.8 Å². The van der Waals surface area contributed by atoms with E-state index in [1.54, 1.807) is 80.6 Å². The second-order valence-electron chi connectivity index (χ2n) is 15.5. The SMILES string of the molecule is CCC(C)(C)C(=O)OCCOP(=O)(O)O.CCC(C)C(=O)Oc1cccc2ccccc12.CCC(C)C(=O)c1ccc(C(=O)Nc2cccc3c2C(=O)c2ccccc2C3=O)cc1. The summed E-state index contributed by atoms with van der Waals surface area (Å²) < 4.78 is 24.6. The van der Waals surface area contributed by atoms with Crippen molar-refractivity contribution in [3.05, 3.63) is 143 Å². The Bertz CT molecular complexity index is 2500. The number of carbonyl (C=O) groups is 6. The lowest BCUT2D eigenvalue weighted by Gasteiger charge is -2.20. The van der Waals surface area contributed by atoms with Gasteiger partial charge in [-0.15, -0.1) is 0 Å². The number of Topliss-reactive ketones (excluding diaryl/α,β-unsaturated/α-hetero) is 1. The van der Waals surface area contributed by atoms with Crippen molar-refractivity contribution in [2.45, 2.75) is 67.7 Å². The molecule has 5 aromatic rings. The smallest absolute Gasteiger partial charge is 0.463 e. The molecule has 3 N–H and O–H groups in total. The van der Waals surface area contributed by atoms with Gasteiger partial charge in [0.15, 0.2) is 17.3 Å². The Morgan fingerprint density at radius 1 is 0.683 bits per heavy atom. The molecule has 0 spiro atoms. The topological polar surface area (TPSA) is 200 Å². The quantitative estimate of drug-likeness (QED) is 0.0308. The minimum absolute atomic E-state index is 0.0364. The summed E-state index contributed by atoms with van der Waals surface area (Å²) in [6.07, 6.45) is 2.17. The number of esters is 2. The van der Waals surface area contributed by atoms with E-state index in [1.807, 2.05) is 77.1 Å². The summed E-state index contributed by atoms with van der Waals surface area (Å²) in [6.45, 7) is 12.5. The molecule has 6 rings (SSSR count). The Morgan fingerprint density at radius 3 is 1.86 bits per heavy atom. The van der Waals surface area contributed by atoms with Crippen molar-refractivity contribution in [1.82, 2.24) is 0 Å². The molecule has 1 amide bonds. The molecule has 14 heteroatoms. The average molecular weight is 880 g/mol. The minimum atomic E-state index is -4.46. The first kappa shape index (κ1) is 49.5. The standard InChI is InChI=1S/C26H21NO4.C15H16O2.C8H17O6P/c1-3-15(2)23(28)16-11-13-17(14-12-16)26(31)27-21-10-6-9-20-22(21)25(30)19-8-5-4-7-18(19)24(20)29;1-3-11(2)15(16)17-14-10-6-8-12-7-4-5-9-13(12)14;1-4-8(2,3)7(9)13-5-6-14-15(10,11)12/h4-15H,3H2,1-2H3,(H,27,31);4-11H,3H2,1-2H3;4-6H2,1-3H3,(H2,10,11,12). The van der Waals surface area contributed by atoms with Crippen molar-refractivity contribution in [1.29, 1.82) is 0 Å². The molecule has 2 atom stereocenters. The van der Waals surface area contributed by atoms with Gasteiger partial charge in [0.25, 0.3) is 5.91 Å². The van der Waals surface area contributed by atoms with Crippen LogP contribution in [0.5, 0.6) is 5.75 Å². The molecule has 0 radical (unpaired) electrons. The summed E-state index contributed by atoms with van der Waals surface area (Å²) in [5.41, 5.74) is 1.78. The Labute approximate surface area is 367 Å². The summed E-state index contributed by atoms with van der Waals surface area (Å²) in [6, 6.07) is 31.6. The highest BCUT2D eigenvalue weighted by Gasteiger charge is 2.32. The number of fused-ring (bicyclic) bond motifs is 3. The van der Waals surface area contributed by atoms with E-state index in [9.17, 15) is 33.3 Å². The molecule has 5 aromatic carbocycles. The number of phosphoric acid groups is 1. The molecular weight excluding hydrogens is 826 g/mol. The lowest BCUT2D eigenvalue weighted by atomic mass is 9.83. The van der Waals surface area contributed by atoms with Crippen molar-refractivity contribution in [2.24, 2.45) is 17.3 Å². The molecule has 332 valence electrons. The van der Waals surface area contributed by atoms with Crippen LogP contribution in [0.3, 0.4) is 0 Å². The van der Waals surface area contributed by atoms with Gasteiger partial charge in [-0.1, -0.05) is 120 Å². The van der Waals surface area contributed by atoms with Gasteiger partial charge in [0.05, 0.1) is 29.2 Å². The summed E-state index contributed by atoms with van der Waals surface area (Å²) in [5, 5.41) is 4.82. The molecular formula is C49H54NO12P. The van der Waals surface area contributed by atoms with Gasteiger partial charge < -0.3 is 24.6 Å². The van der Waals surface area contributed by atoms with Crippen LogP contribution in [0.2, 0.25) is 0 Å². The Morgan fingerprint density at radius 2 is 1.24 bits per heavy atom. The fourth-order valence-corrected chi connectivity index (χ4v) is 6.30. The fourth-order valence-electron chi connectivity index (χ4n) is 5.99. The van der Waals surface area contributed by atoms with Gasteiger partial charge in [-0.05, 0) is 62.8 Å². The van der Waals surface area contributed by atoms with Crippen LogP contribution in [0.15, 0.2) is 109 Å². The Balaban J connectivity index is 0.000000230. The van der Waals surface area contributed by atoms with E-state index in [-0.39, 0.29) is 65.2 Å². The zero-order valence-electron chi connectivity index (χ0n) is 36.5. The van der Waals surface area contributed by atoms with E-state index in [0.29, 0.717) is 34.4 Å². The zero-order chi connectivity index (χ0) is 46.5. The number of rotatable bonds is 14. The third-order valence-corrected chi connectivity index (χ3v) is 11.2. The highest BCUT2D eigenvalue weighted by atomic mass is 31.2. The van der Waals surface area contributed by atoms with Gasteiger partial charge >= 0.3 is 19.8 Å². The van der Waals surface area contributed by atoms with E-state index < -0.39 is 25.1 Å². The van der Waals surface area contributed by atoms with E-state index in [1.165, 1.54) is 0 Å². The van der Waals surface area contributed by atoms with E-state index in [4.69, 9.17) is 19.3 Å². The van der Waals surface area contributed by atoms with Crippen LogP contribution in [0.4, 0.5) is 5.69 Å². The van der Waals surface area contributed by atoms with Gasteiger partial charge in [0, 0.05) is 39.1 Å². The van der Waals surface area contributed by atoms with E-state index in [0.717, 1.165) is 23.6 Å². The summed E-state index contributed by atoms with van der Waals surface area (Å²) in [7, 11) is -4.46. The van der Waals surface area contributed by atoms with Crippen molar-refractivity contribution in [3.8, 4) is 5.75 Å². The summed E-state index contributed by atoms with van der Waals surface area (Å²) in [5.74, 6) is -0.985. The van der Waals surface area contributed by atoms with Crippen molar-refractivity contribution in [3.63, 3.8) is 0 Å². The molecule has 13 nitrogen and oxygen atoms in total. The summed E-state index contributed by atoms with van der Waals surface area (Å²) >= 11 is 0. The van der Waals surface area contributed by atoms with Crippen molar-refractivity contribution in [2.75, 3.05) is 18.5 Å². The number of ketones is 3. The predicted molar refractivity (Wildman–Crippen MR) is 240 cm³/mol. The molecule has 1 aliphatic carbocycles. The van der Waals surface area contributed by atoms with Gasteiger partial charge in [0.1, 0.15) is 12.4 Å². The Hall–Kier alpha value is -6.11. The number of benzene rings is 5. The molecule has 0 saturated heterocycles. The lowest BCUT2D eigenvalue weighted by molar-refractivity contribution is -0.155. The van der Waals surface area contributed by atoms with Crippen LogP contribution < -0.4 is 10.1 Å². The number of nitrogens with one attached hydrogen (secondary N) is 1. The van der Waals surface area contributed by atoms with Gasteiger partial charge in [0.2, 0.25) is 0 Å². The molecule has 63 heavy (non-hydrogen) atoms. The van der Waals surface area contributed by atoms with Crippen LogP contribution in [-0.4, -0.2) is 58.2 Å². The van der Waals surface area contributed by atoms with Gasteiger partial charge in [-0.2, -0.15) is 0 Å². The lowest BCUT2D eigenvalue weighted by Crippen LogP contribution is -2.26. The molecule has 1 aliphatic rings. The molecule has 2 unspecified atom stereocenters. The number of phosphoric ester groups is 1. The molecule has 0 aromatic heterocycles. The number of carbonyl (C=O) groups excluding carboxylic acids is 6. The highest BCUT2D eigenvalue weighted by Crippen LogP contribution is 2.35. The maximum absolute atomic E-state index is 13.1. The second kappa shape index (κ2) is 22.3. The molecule has 0 bridgehead atoms. The number of ether oxygens (including phenoxy) is 2. The van der Waals surface area contributed by atoms with Crippen molar-refractivity contribution < 1.29 is 57.1 Å².